The van der Waals surface area contributed by atoms with Gasteiger partial charge in [0.05, 0.1) is 6.10 Å². The van der Waals surface area contributed by atoms with Gasteiger partial charge < -0.3 is 9.64 Å². The third-order valence-corrected chi connectivity index (χ3v) is 4.17. The smallest absolute Gasteiger partial charge is 0.0702 e. The van der Waals surface area contributed by atoms with Crippen LogP contribution in [0.2, 0.25) is 0 Å². The lowest BCUT2D eigenvalue weighted by Gasteiger charge is -2.41. The lowest BCUT2D eigenvalue weighted by molar-refractivity contribution is -0.0203. The number of hydrogen-bond acceptors (Lipinski definition) is 3. The predicted molar refractivity (Wildman–Crippen MR) is 71.4 cm³/mol. The molecule has 100 valence electrons. The van der Waals surface area contributed by atoms with Crippen LogP contribution < -0.4 is 0 Å². The van der Waals surface area contributed by atoms with Gasteiger partial charge in [0.1, 0.15) is 0 Å². The Hall–Kier alpha value is -0.120. The highest BCUT2D eigenvalue weighted by atomic mass is 16.5. The highest BCUT2D eigenvalue weighted by Gasteiger charge is 2.28. The van der Waals surface area contributed by atoms with E-state index in [1.165, 1.54) is 51.9 Å². The first-order chi connectivity index (χ1) is 8.29. The van der Waals surface area contributed by atoms with E-state index in [9.17, 15) is 0 Å². The van der Waals surface area contributed by atoms with E-state index in [-0.39, 0.29) is 0 Å². The molecule has 0 aliphatic carbocycles. The second-order valence-corrected chi connectivity index (χ2v) is 5.66. The molecule has 2 fully saturated rings. The van der Waals surface area contributed by atoms with E-state index in [2.05, 4.69) is 23.8 Å². The standard InChI is InChI=1S/C14H28N2O/c1-3-11-17-14-5-4-8-16(12-14)13-6-9-15(2)10-7-13/h13-14H,3-12H2,1-2H3. The number of rotatable bonds is 4. The zero-order valence-corrected chi connectivity index (χ0v) is 11.5. The number of ether oxygens (including phenoxy) is 1. The monoisotopic (exact) mass is 240 g/mol. The van der Waals surface area contributed by atoms with Crippen LogP contribution in [0.4, 0.5) is 0 Å². The van der Waals surface area contributed by atoms with E-state index >= 15 is 0 Å². The Labute approximate surface area is 106 Å². The first kappa shape index (κ1) is 13.3. The van der Waals surface area contributed by atoms with E-state index < -0.39 is 0 Å². The Morgan fingerprint density at radius 2 is 1.88 bits per heavy atom. The van der Waals surface area contributed by atoms with Gasteiger partial charge in [-0.25, -0.2) is 0 Å². The van der Waals surface area contributed by atoms with Crippen molar-refractivity contribution in [1.82, 2.24) is 9.80 Å². The minimum absolute atomic E-state index is 0.503. The van der Waals surface area contributed by atoms with Crippen LogP contribution in [0.1, 0.15) is 39.0 Å². The molecule has 0 N–H and O–H groups in total. The van der Waals surface area contributed by atoms with Crippen molar-refractivity contribution in [3.05, 3.63) is 0 Å². The maximum absolute atomic E-state index is 5.92. The quantitative estimate of drug-likeness (QED) is 0.747. The summed E-state index contributed by atoms with van der Waals surface area (Å²) < 4.78 is 5.92. The highest BCUT2D eigenvalue weighted by Crippen LogP contribution is 2.21. The van der Waals surface area contributed by atoms with Crippen molar-refractivity contribution in [3.63, 3.8) is 0 Å². The molecule has 2 rings (SSSR count). The second kappa shape index (κ2) is 6.72. The Kier molecular flexibility index (Phi) is 5.26. The number of piperidine rings is 2. The van der Waals surface area contributed by atoms with E-state index in [0.29, 0.717) is 6.10 Å². The van der Waals surface area contributed by atoms with Gasteiger partial charge in [-0.05, 0) is 58.8 Å². The largest absolute Gasteiger partial charge is 0.377 e. The van der Waals surface area contributed by atoms with E-state index in [4.69, 9.17) is 4.74 Å². The Bertz CT molecular complexity index is 214. The fourth-order valence-corrected chi connectivity index (χ4v) is 3.08. The van der Waals surface area contributed by atoms with Gasteiger partial charge in [-0.2, -0.15) is 0 Å². The van der Waals surface area contributed by atoms with E-state index in [0.717, 1.165) is 19.1 Å². The minimum Gasteiger partial charge on any atom is -0.377 e. The van der Waals surface area contributed by atoms with Gasteiger partial charge in [0, 0.05) is 19.2 Å². The molecule has 2 aliphatic rings. The SMILES string of the molecule is CCCOC1CCCN(C2CCN(C)CC2)C1. The summed E-state index contributed by atoms with van der Waals surface area (Å²) in [7, 11) is 2.24. The normalized spacial score (nSPS) is 29.6. The van der Waals surface area contributed by atoms with Gasteiger partial charge in [0.2, 0.25) is 0 Å². The first-order valence-electron chi connectivity index (χ1n) is 7.33. The summed E-state index contributed by atoms with van der Waals surface area (Å²) in [6, 6.07) is 0.819. The molecule has 0 saturated carbocycles. The fourth-order valence-electron chi connectivity index (χ4n) is 3.08. The fraction of sp³-hybridized carbons (Fsp3) is 1.00. The molecule has 0 aromatic rings. The number of likely N-dealkylation sites (tertiary alicyclic amines) is 2. The summed E-state index contributed by atoms with van der Waals surface area (Å²) in [5, 5.41) is 0. The maximum atomic E-state index is 5.92. The first-order valence-corrected chi connectivity index (χ1v) is 7.33. The zero-order valence-electron chi connectivity index (χ0n) is 11.5. The predicted octanol–water partition coefficient (Wildman–Crippen LogP) is 1.97. The number of hydrogen-bond donors (Lipinski definition) is 0. The third-order valence-electron chi connectivity index (χ3n) is 4.17. The Balaban J connectivity index is 1.76. The van der Waals surface area contributed by atoms with Crippen LogP contribution in [0.3, 0.4) is 0 Å². The van der Waals surface area contributed by atoms with E-state index in [1.807, 2.05) is 0 Å². The Morgan fingerprint density at radius 3 is 2.59 bits per heavy atom. The topological polar surface area (TPSA) is 15.7 Å². The zero-order chi connectivity index (χ0) is 12.1. The highest BCUT2D eigenvalue weighted by molar-refractivity contribution is 4.83. The summed E-state index contributed by atoms with van der Waals surface area (Å²) in [6.45, 7) is 8.13. The molecule has 0 spiro atoms. The molecule has 0 aromatic carbocycles. The third kappa shape index (κ3) is 3.94. The van der Waals surface area contributed by atoms with Gasteiger partial charge >= 0.3 is 0 Å². The molecule has 3 heteroatoms. The van der Waals surface area contributed by atoms with Crippen molar-refractivity contribution in [2.24, 2.45) is 0 Å². The average Bonchev–Trinajstić information content (AvgIpc) is 2.37. The summed E-state index contributed by atoms with van der Waals surface area (Å²) in [5.41, 5.74) is 0. The molecule has 2 aliphatic heterocycles. The van der Waals surface area contributed by atoms with Crippen molar-refractivity contribution < 1.29 is 4.74 Å². The van der Waals surface area contributed by atoms with Crippen LogP contribution in [0.15, 0.2) is 0 Å². The summed E-state index contributed by atoms with van der Waals surface area (Å²) >= 11 is 0. The van der Waals surface area contributed by atoms with Crippen LogP contribution in [0, 0.1) is 0 Å². The second-order valence-electron chi connectivity index (χ2n) is 5.66. The summed E-state index contributed by atoms with van der Waals surface area (Å²) in [6.07, 6.45) is 6.92. The van der Waals surface area contributed by atoms with Gasteiger partial charge in [-0.15, -0.1) is 0 Å². The maximum Gasteiger partial charge on any atom is 0.0702 e. The van der Waals surface area contributed by atoms with Gasteiger partial charge in [-0.1, -0.05) is 6.92 Å². The average molecular weight is 240 g/mol. The van der Waals surface area contributed by atoms with Crippen molar-refractivity contribution >= 4 is 0 Å². The molecule has 3 nitrogen and oxygen atoms in total. The van der Waals surface area contributed by atoms with Crippen LogP contribution >= 0.6 is 0 Å². The summed E-state index contributed by atoms with van der Waals surface area (Å²) in [5.74, 6) is 0. The van der Waals surface area contributed by atoms with Gasteiger partial charge in [0.15, 0.2) is 0 Å². The molecular formula is C14H28N2O. The molecule has 0 aromatic heterocycles. The molecule has 0 radical (unpaired) electrons. The molecule has 2 heterocycles. The molecule has 1 unspecified atom stereocenters. The number of nitrogens with zero attached hydrogens (tertiary/aromatic N) is 2. The molecule has 2 saturated heterocycles. The molecule has 17 heavy (non-hydrogen) atoms. The van der Waals surface area contributed by atoms with Crippen molar-refractivity contribution in [2.45, 2.75) is 51.2 Å². The molecular weight excluding hydrogens is 212 g/mol. The van der Waals surface area contributed by atoms with E-state index in [1.54, 1.807) is 0 Å². The van der Waals surface area contributed by atoms with Crippen molar-refractivity contribution in [3.8, 4) is 0 Å². The van der Waals surface area contributed by atoms with Crippen LogP contribution in [-0.2, 0) is 4.74 Å². The Morgan fingerprint density at radius 1 is 1.12 bits per heavy atom. The van der Waals surface area contributed by atoms with Crippen LogP contribution in [0.25, 0.3) is 0 Å². The summed E-state index contributed by atoms with van der Waals surface area (Å²) in [4.78, 5) is 5.14. The molecule has 1 atom stereocenters. The van der Waals surface area contributed by atoms with Crippen molar-refractivity contribution in [2.75, 3.05) is 39.8 Å². The lowest BCUT2D eigenvalue weighted by atomic mass is 9.99. The lowest BCUT2D eigenvalue weighted by Crippen LogP contribution is -2.49. The molecule has 0 amide bonds. The van der Waals surface area contributed by atoms with Crippen LogP contribution in [-0.4, -0.2) is 61.8 Å². The molecule has 0 bridgehead atoms. The van der Waals surface area contributed by atoms with Crippen LogP contribution in [0.5, 0.6) is 0 Å². The van der Waals surface area contributed by atoms with Gasteiger partial charge in [-0.3, -0.25) is 4.90 Å². The minimum atomic E-state index is 0.503. The van der Waals surface area contributed by atoms with Crippen molar-refractivity contribution in [1.29, 1.82) is 0 Å². The van der Waals surface area contributed by atoms with Gasteiger partial charge in [0.25, 0.3) is 0 Å².